The van der Waals surface area contributed by atoms with Gasteiger partial charge in [0, 0.05) is 42.5 Å². The first-order valence-electron chi connectivity index (χ1n) is 8.54. The Morgan fingerprint density at radius 1 is 0.828 bits per heavy atom. The lowest BCUT2D eigenvalue weighted by Gasteiger charge is -2.36. The molecule has 0 saturated carbocycles. The maximum absolute atomic E-state index is 13.0. The molecule has 3 rings (SSSR count). The number of rotatable bonds is 2. The molecule has 1 amide bonds. The van der Waals surface area contributed by atoms with Crippen molar-refractivity contribution in [1.29, 1.82) is 0 Å². The first-order chi connectivity index (χ1) is 13.4. The summed E-state index contributed by atoms with van der Waals surface area (Å²) in [4.78, 5) is 15.8. The van der Waals surface area contributed by atoms with E-state index in [4.69, 9.17) is 11.6 Å². The SMILES string of the molecule is O=C(c1cc(C(F)(F)F)cc(C(F)(F)F)c1)N1CCN(c2cccc(Cl)c2)CC1. The predicted molar refractivity (Wildman–Crippen MR) is 96.0 cm³/mol. The van der Waals surface area contributed by atoms with Crippen molar-refractivity contribution in [3.63, 3.8) is 0 Å². The molecule has 0 aromatic heterocycles. The normalized spacial score (nSPS) is 15.6. The summed E-state index contributed by atoms with van der Waals surface area (Å²) in [6.07, 6.45) is -10.00. The Morgan fingerprint density at radius 3 is 1.86 bits per heavy atom. The molecule has 0 radical (unpaired) electrons. The summed E-state index contributed by atoms with van der Waals surface area (Å²) in [5.41, 5.74) is -2.83. The van der Waals surface area contributed by atoms with E-state index in [0.717, 1.165) is 5.69 Å². The third kappa shape index (κ3) is 4.95. The number of anilines is 1. The molecule has 1 aliphatic heterocycles. The molecule has 1 saturated heterocycles. The molecular formula is C19H15ClF6N2O. The van der Waals surface area contributed by atoms with Crippen molar-refractivity contribution in [2.24, 2.45) is 0 Å². The fraction of sp³-hybridized carbons (Fsp3) is 0.316. The minimum atomic E-state index is -5.00. The molecule has 2 aromatic carbocycles. The van der Waals surface area contributed by atoms with Crippen LogP contribution in [0.25, 0.3) is 0 Å². The minimum Gasteiger partial charge on any atom is -0.368 e. The van der Waals surface area contributed by atoms with Gasteiger partial charge in [0.05, 0.1) is 11.1 Å². The molecule has 3 nitrogen and oxygen atoms in total. The molecule has 10 heteroatoms. The second kappa shape index (κ2) is 7.78. The molecule has 0 aliphatic carbocycles. The molecule has 2 aromatic rings. The van der Waals surface area contributed by atoms with E-state index in [9.17, 15) is 31.1 Å². The fourth-order valence-corrected chi connectivity index (χ4v) is 3.29. The Kier molecular flexibility index (Phi) is 5.71. The van der Waals surface area contributed by atoms with Gasteiger partial charge in [0.2, 0.25) is 0 Å². The van der Waals surface area contributed by atoms with Gasteiger partial charge < -0.3 is 9.80 Å². The third-order valence-corrected chi connectivity index (χ3v) is 4.81. The molecule has 1 heterocycles. The van der Waals surface area contributed by atoms with Gasteiger partial charge in [-0.25, -0.2) is 0 Å². The van der Waals surface area contributed by atoms with E-state index >= 15 is 0 Å². The lowest BCUT2D eigenvalue weighted by atomic mass is 10.0. The standard InChI is InChI=1S/C19H15ClF6N2O/c20-15-2-1-3-16(11-15)27-4-6-28(7-5-27)17(29)12-8-13(18(21,22)23)10-14(9-12)19(24,25)26/h1-3,8-11H,4-7H2. The maximum Gasteiger partial charge on any atom is 0.416 e. The van der Waals surface area contributed by atoms with Crippen molar-refractivity contribution in [2.75, 3.05) is 31.1 Å². The Hall–Kier alpha value is -2.42. The number of alkyl halides is 6. The highest BCUT2D eigenvalue weighted by Gasteiger charge is 2.38. The summed E-state index contributed by atoms with van der Waals surface area (Å²) in [6.45, 7) is 1.06. The van der Waals surface area contributed by atoms with Gasteiger partial charge in [-0.15, -0.1) is 0 Å². The van der Waals surface area contributed by atoms with E-state index in [1.807, 2.05) is 11.0 Å². The number of piperazine rings is 1. The summed E-state index contributed by atoms with van der Waals surface area (Å²) in [6, 6.07) is 7.95. The maximum atomic E-state index is 13.0. The zero-order chi connectivity index (χ0) is 21.4. The molecule has 0 spiro atoms. The van der Waals surface area contributed by atoms with Gasteiger partial charge in [-0.05, 0) is 36.4 Å². The highest BCUT2D eigenvalue weighted by atomic mass is 35.5. The monoisotopic (exact) mass is 436 g/mol. The van der Waals surface area contributed by atoms with Crippen molar-refractivity contribution < 1.29 is 31.1 Å². The van der Waals surface area contributed by atoms with Crippen LogP contribution < -0.4 is 4.90 Å². The molecule has 0 N–H and O–H groups in total. The molecule has 0 bridgehead atoms. The van der Waals surface area contributed by atoms with Crippen LogP contribution in [0.3, 0.4) is 0 Å². The highest BCUT2D eigenvalue weighted by molar-refractivity contribution is 6.30. The largest absolute Gasteiger partial charge is 0.416 e. The number of carbonyl (C=O) groups excluding carboxylic acids is 1. The Labute approximate surface area is 167 Å². The van der Waals surface area contributed by atoms with E-state index in [1.165, 1.54) is 4.90 Å². The van der Waals surface area contributed by atoms with Gasteiger partial charge in [-0.2, -0.15) is 26.3 Å². The number of carbonyl (C=O) groups is 1. The third-order valence-electron chi connectivity index (χ3n) is 4.57. The van der Waals surface area contributed by atoms with Crippen LogP contribution in [0.4, 0.5) is 32.0 Å². The van der Waals surface area contributed by atoms with Gasteiger partial charge in [-0.3, -0.25) is 4.79 Å². The number of amides is 1. The van der Waals surface area contributed by atoms with Crippen LogP contribution in [0, 0.1) is 0 Å². The first-order valence-corrected chi connectivity index (χ1v) is 8.92. The molecule has 156 valence electrons. The van der Waals surface area contributed by atoms with Crippen LogP contribution in [0.15, 0.2) is 42.5 Å². The Bertz CT molecular complexity index is 872. The topological polar surface area (TPSA) is 23.6 Å². The molecular weight excluding hydrogens is 422 g/mol. The van der Waals surface area contributed by atoms with Gasteiger partial charge in [-0.1, -0.05) is 17.7 Å². The second-order valence-electron chi connectivity index (χ2n) is 6.55. The van der Waals surface area contributed by atoms with Crippen molar-refractivity contribution >= 4 is 23.2 Å². The number of hydrogen-bond donors (Lipinski definition) is 0. The van der Waals surface area contributed by atoms with Crippen molar-refractivity contribution in [3.8, 4) is 0 Å². The van der Waals surface area contributed by atoms with Crippen molar-refractivity contribution in [2.45, 2.75) is 12.4 Å². The van der Waals surface area contributed by atoms with Crippen LogP contribution in [0.1, 0.15) is 21.5 Å². The zero-order valence-corrected chi connectivity index (χ0v) is 15.6. The Balaban J connectivity index is 1.80. The number of halogens is 7. The predicted octanol–water partition coefficient (Wildman–Crippen LogP) is 5.34. The molecule has 0 unspecified atom stereocenters. The van der Waals surface area contributed by atoms with E-state index in [2.05, 4.69) is 0 Å². The van der Waals surface area contributed by atoms with Gasteiger partial charge in [0.1, 0.15) is 0 Å². The minimum absolute atomic E-state index is 0.00780. The molecule has 0 atom stereocenters. The van der Waals surface area contributed by atoms with Gasteiger partial charge in [0.25, 0.3) is 5.91 Å². The lowest BCUT2D eigenvalue weighted by molar-refractivity contribution is -0.143. The van der Waals surface area contributed by atoms with Gasteiger partial charge in [0.15, 0.2) is 0 Å². The van der Waals surface area contributed by atoms with Crippen LogP contribution in [0.5, 0.6) is 0 Å². The van der Waals surface area contributed by atoms with E-state index in [0.29, 0.717) is 30.2 Å². The fourth-order valence-electron chi connectivity index (χ4n) is 3.10. The summed E-state index contributed by atoms with van der Waals surface area (Å²) in [7, 11) is 0. The molecule has 1 aliphatic rings. The first kappa shape index (κ1) is 21.3. The average Bonchev–Trinajstić information content (AvgIpc) is 2.66. The quantitative estimate of drug-likeness (QED) is 0.593. The summed E-state index contributed by atoms with van der Waals surface area (Å²) >= 11 is 5.95. The summed E-state index contributed by atoms with van der Waals surface area (Å²) in [5, 5.41) is 0.532. The second-order valence-corrected chi connectivity index (χ2v) is 6.99. The number of hydrogen-bond acceptors (Lipinski definition) is 2. The molecule has 29 heavy (non-hydrogen) atoms. The Morgan fingerprint density at radius 2 is 1.38 bits per heavy atom. The average molecular weight is 437 g/mol. The van der Waals surface area contributed by atoms with Crippen LogP contribution >= 0.6 is 11.6 Å². The van der Waals surface area contributed by atoms with Crippen LogP contribution in [-0.4, -0.2) is 37.0 Å². The lowest BCUT2D eigenvalue weighted by Crippen LogP contribution is -2.48. The molecule has 1 fully saturated rings. The van der Waals surface area contributed by atoms with Crippen LogP contribution in [0.2, 0.25) is 5.02 Å². The van der Waals surface area contributed by atoms with E-state index in [1.54, 1.807) is 18.2 Å². The summed E-state index contributed by atoms with van der Waals surface area (Å²) < 4.78 is 78.0. The smallest absolute Gasteiger partial charge is 0.368 e. The number of nitrogens with zero attached hydrogens (tertiary/aromatic N) is 2. The van der Waals surface area contributed by atoms with Crippen molar-refractivity contribution in [1.82, 2.24) is 4.90 Å². The van der Waals surface area contributed by atoms with Crippen molar-refractivity contribution in [3.05, 3.63) is 64.2 Å². The number of benzene rings is 2. The summed E-state index contributed by atoms with van der Waals surface area (Å²) in [5.74, 6) is -0.868. The van der Waals surface area contributed by atoms with E-state index in [-0.39, 0.29) is 19.2 Å². The highest BCUT2D eigenvalue weighted by Crippen LogP contribution is 2.36. The van der Waals surface area contributed by atoms with Crippen LogP contribution in [-0.2, 0) is 12.4 Å². The van der Waals surface area contributed by atoms with Gasteiger partial charge >= 0.3 is 12.4 Å². The van der Waals surface area contributed by atoms with E-state index < -0.39 is 35.0 Å². The zero-order valence-electron chi connectivity index (χ0n) is 14.8.